The van der Waals surface area contributed by atoms with Crippen LogP contribution in [0.2, 0.25) is 0 Å². The summed E-state index contributed by atoms with van der Waals surface area (Å²) in [6, 6.07) is 15.6. The van der Waals surface area contributed by atoms with Crippen molar-refractivity contribution in [2.45, 2.75) is 13.5 Å². The van der Waals surface area contributed by atoms with Crippen LogP contribution < -0.4 is 5.32 Å². The van der Waals surface area contributed by atoms with Crippen molar-refractivity contribution in [3.8, 4) is 0 Å². The molecule has 5 nitrogen and oxygen atoms in total. The number of nitrogens with one attached hydrogen (secondary N) is 1. The van der Waals surface area contributed by atoms with Crippen LogP contribution in [0.15, 0.2) is 66.4 Å². The van der Waals surface area contributed by atoms with Crippen LogP contribution in [0.4, 0.5) is 5.69 Å². The molecular formula is C19H19NO4. The molecule has 0 amide bonds. The summed E-state index contributed by atoms with van der Waals surface area (Å²) in [4.78, 5) is 24.4. The zero-order chi connectivity index (χ0) is 17.4. The van der Waals surface area contributed by atoms with Gasteiger partial charge in [-0.1, -0.05) is 42.5 Å². The topological polar surface area (TPSA) is 75.6 Å². The van der Waals surface area contributed by atoms with E-state index in [4.69, 9.17) is 9.84 Å². The molecule has 2 N–H and O–H groups in total. The molecule has 2 rings (SSSR count). The standard InChI is InChI=1S/C19H19NO4/c1-2-24-18(22)12-17(19(23)15-6-4-3-5-7-15)20-16-10-8-14(13-21)9-11-16/h3-12,20-21H,2,13H2,1H3/b17-12-. The molecule has 24 heavy (non-hydrogen) atoms. The van der Waals surface area contributed by atoms with Crippen molar-refractivity contribution >= 4 is 17.4 Å². The molecule has 0 aliphatic heterocycles. The Morgan fingerprint density at radius 1 is 1.08 bits per heavy atom. The summed E-state index contributed by atoms with van der Waals surface area (Å²) < 4.78 is 4.89. The molecule has 0 unspecified atom stereocenters. The predicted octanol–water partition coefficient (Wildman–Crippen LogP) is 2.92. The Kier molecular flexibility index (Phi) is 6.28. The number of anilines is 1. The SMILES string of the molecule is CCOC(=O)/C=C(\Nc1ccc(CO)cc1)C(=O)c1ccccc1. The molecule has 0 atom stereocenters. The number of carbonyl (C=O) groups excluding carboxylic acids is 2. The number of carbonyl (C=O) groups is 2. The van der Waals surface area contributed by atoms with Crippen molar-refractivity contribution in [2.24, 2.45) is 0 Å². The summed E-state index contributed by atoms with van der Waals surface area (Å²) in [5, 5.41) is 12.0. The highest BCUT2D eigenvalue weighted by Gasteiger charge is 2.14. The van der Waals surface area contributed by atoms with Crippen LogP contribution in [0, 0.1) is 0 Å². The number of ether oxygens (including phenoxy) is 1. The minimum atomic E-state index is -0.587. The van der Waals surface area contributed by atoms with Gasteiger partial charge in [0.2, 0.25) is 5.78 Å². The van der Waals surface area contributed by atoms with Gasteiger partial charge in [0.15, 0.2) is 0 Å². The number of rotatable bonds is 7. The average molecular weight is 325 g/mol. The van der Waals surface area contributed by atoms with Gasteiger partial charge in [-0.15, -0.1) is 0 Å². The fourth-order valence-electron chi connectivity index (χ4n) is 2.05. The third-order valence-corrected chi connectivity index (χ3v) is 3.24. The molecule has 0 heterocycles. The first-order chi connectivity index (χ1) is 11.6. The maximum atomic E-state index is 12.6. The second kappa shape index (κ2) is 8.64. The van der Waals surface area contributed by atoms with Gasteiger partial charge in [0, 0.05) is 11.3 Å². The lowest BCUT2D eigenvalue weighted by Crippen LogP contribution is -2.15. The molecule has 5 heteroatoms. The molecule has 0 aliphatic carbocycles. The van der Waals surface area contributed by atoms with E-state index in [1.807, 2.05) is 6.07 Å². The number of aliphatic hydroxyl groups is 1. The second-order valence-corrected chi connectivity index (χ2v) is 4.99. The lowest BCUT2D eigenvalue weighted by Gasteiger charge is -2.11. The van der Waals surface area contributed by atoms with E-state index < -0.39 is 5.97 Å². The van der Waals surface area contributed by atoms with Gasteiger partial charge in [-0.3, -0.25) is 4.79 Å². The number of Topliss-reactive ketones (excluding diaryl/α,β-unsaturated/α-hetero) is 1. The molecular weight excluding hydrogens is 306 g/mol. The van der Waals surface area contributed by atoms with Crippen LogP contribution in [-0.4, -0.2) is 23.5 Å². The molecule has 124 valence electrons. The molecule has 0 fully saturated rings. The van der Waals surface area contributed by atoms with Gasteiger partial charge >= 0.3 is 5.97 Å². The van der Waals surface area contributed by atoms with Gasteiger partial charge in [-0.05, 0) is 24.6 Å². The Labute approximate surface area is 140 Å². The molecule has 0 saturated carbocycles. The van der Waals surface area contributed by atoms with Crippen molar-refractivity contribution in [3.05, 3.63) is 77.5 Å². The Bertz CT molecular complexity index is 721. The summed E-state index contributed by atoms with van der Waals surface area (Å²) in [5.41, 5.74) is 1.97. The highest BCUT2D eigenvalue weighted by atomic mass is 16.5. The highest BCUT2D eigenvalue weighted by molar-refractivity contribution is 6.12. The smallest absolute Gasteiger partial charge is 0.332 e. The number of ketones is 1. The lowest BCUT2D eigenvalue weighted by molar-refractivity contribution is -0.137. The van der Waals surface area contributed by atoms with Gasteiger partial charge in [0.1, 0.15) is 0 Å². The largest absolute Gasteiger partial charge is 0.463 e. The Morgan fingerprint density at radius 3 is 2.33 bits per heavy atom. The van der Waals surface area contributed by atoms with Crippen molar-refractivity contribution in [3.63, 3.8) is 0 Å². The number of esters is 1. The third kappa shape index (κ3) is 4.79. The monoisotopic (exact) mass is 325 g/mol. The summed E-state index contributed by atoms with van der Waals surface area (Å²) in [6.07, 6.45) is 1.15. The maximum Gasteiger partial charge on any atom is 0.332 e. The van der Waals surface area contributed by atoms with Crippen LogP contribution in [0.5, 0.6) is 0 Å². The van der Waals surface area contributed by atoms with Gasteiger partial charge in [0.05, 0.1) is 25.0 Å². The number of hydrogen-bond acceptors (Lipinski definition) is 5. The maximum absolute atomic E-state index is 12.6. The van der Waals surface area contributed by atoms with Gasteiger partial charge in [-0.25, -0.2) is 4.79 Å². The first-order valence-electron chi connectivity index (χ1n) is 7.59. The fourth-order valence-corrected chi connectivity index (χ4v) is 2.05. The Hall–Kier alpha value is -2.92. The van der Waals surface area contributed by atoms with Crippen molar-refractivity contribution < 1.29 is 19.4 Å². The summed E-state index contributed by atoms with van der Waals surface area (Å²) >= 11 is 0. The van der Waals surface area contributed by atoms with E-state index in [9.17, 15) is 9.59 Å². The highest BCUT2D eigenvalue weighted by Crippen LogP contribution is 2.15. The van der Waals surface area contributed by atoms with Crippen LogP contribution in [0.1, 0.15) is 22.8 Å². The normalized spacial score (nSPS) is 11.0. The minimum Gasteiger partial charge on any atom is -0.463 e. The number of benzene rings is 2. The Morgan fingerprint density at radius 2 is 1.75 bits per heavy atom. The molecule has 2 aromatic rings. The Balaban J connectivity index is 2.28. The predicted molar refractivity (Wildman–Crippen MR) is 91.5 cm³/mol. The van der Waals surface area contributed by atoms with Gasteiger partial charge < -0.3 is 15.2 Å². The van der Waals surface area contributed by atoms with E-state index in [0.717, 1.165) is 11.6 Å². The summed E-state index contributed by atoms with van der Waals surface area (Å²) in [6.45, 7) is 1.87. The van der Waals surface area contributed by atoms with E-state index in [1.165, 1.54) is 0 Å². The number of aliphatic hydroxyl groups excluding tert-OH is 1. The van der Waals surface area contributed by atoms with Crippen LogP contribution in [-0.2, 0) is 16.1 Å². The zero-order valence-electron chi connectivity index (χ0n) is 13.4. The van der Waals surface area contributed by atoms with Gasteiger partial charge in [0.25, 0.3) is 0 Å². The first-order valence-corrected chi connectivity index (χ1v) is 7.59. The van der Waals surface area contributed by atoms with Crippen molar-refractivity contribution in [1.29, 1.82) is 0 Å². The molecule has 2 aromatic carbocycles. The van der Waals surface area contributed by atoms with E-state index >= 15 is 0 Å². The van der Waals surface area contributed by atoms with E-state index in [2.05, 4.69) is 5.32 Å². The number of allylic oxidation sites excluding steroid dienone is 1. The fraction of sp³-hybridized carbons (Fsp3) is 0.158. The molecule has 0 radical (unpaired) electrons. The van der Waals surface area contributed by atoms with Crippen LogP contribution in [0.3, 0.4) is 0 Å². The molecule has 0 saturated heterocycles. The molecule has 0 spiro atoms. The minimum absolute atomic E-state index is 0.0608. The first kappa shape index (κ1) is 17.4. The van der Waals surface area contributed by atoms with E-state index in [-0.39, 0.29) is 24.7 Å². The van der Waals surface area contributed by atoms with E-state index in [0.29, 0.717) is 11.3 Å². The van der Waals surface area contributed by atoms with E-state index in [1.54, 1.807) is 55.5 Å². The second-order valence-electron chi connectivity index (χ2n) is 4.99. The van der Waals surface area contributed by atoms with Crippen molar-refractivity contribution in [1.82, 2.24) is 0 Å². The van der Waals surface area contributed by atoms with Gasteiger partial charge in [-0.2, -0.15) is 0 Å². The van der Waals surface area contributed by atoms with Crippen LogP contribution >= 0.6 is 0 Å². The summed E-state index contributed by atoms with van der Waals surface area (Å²) in [5.74, 6) is -0.897. The van der Waals surface area contributed by atoms with Crippen molar-refractivity contribution in [2.75, 3.05) is 11.9 Å². The quantitative estimate of drug-likeness (QED) is 0.465. The third-order valence-electron chi connectivity index (χ3n) is 3.24. The number of hydrogen-bond donors (Lipinski definition) is 2. The zero-order valence-corrected chi connectivity index (χ0v) is 13.4. The molecule has 0 bridgehead atoms. The average Bonchev–Trinajstić information content (AvgIpc) is 2.62. The summed E-state index contributed by atoms with van der Waals surface area (Å²) in [7, 11) is 0. The van der Waals surface area contributed by atoms with Crippen LogP contribution in [0.25, 0.3) is 0 Å². The lowest BCUT2D eigenvalue weighted by atomic mass is 10.1. The molecule has 0 aromatic heterocycles. The molecule has 0 aliphatic rings.